The van der Waals surface area contributed by atoms with Crippen molar-refractivity contribution < 1.29 is 28.6 Å². The van der Waals surface area contributed by atoms with E-state index in [0.29, 0.717) is 19.3 Å². The lowest BCUT2D eigenvalue weighted by molar-refractivity contribution is -0.167. The van der Waals surface area contributed by atoms with Gasteiger partial charge in [-0.3, -0.25) is 14.4 Å². The number of rotatable bonds is 53. The standard InChI is InChI=1S/C57H110O6/c1-4-7-10-13-16-19-22-25-27-29-32-35-38-41-44-47-50-56(59)62-53-54(52-61-55(58)49-46-43-40-37-34-31-24-21-18-15-12-9-6-3)63-57(60)51-48-45-42-39-36-33-30-28-26-23-20-17-14-11-8-5-2/h54H,4-53H2,1-3H3/t54-/m1/s1. The van der Waals surface area contributed by atoms with E-state index in [4.69, 9.17) is 14.2 Å². The quantitative estimate of drug-likeness (QED) is 0.0344. The van der Waals surface area contributed by atoms with Crippen LogP contribution >= 0.6 is 0 Å². The second kappa shape index (κ2) is 53.0. The van der Waals surface area contributed by atoms with E-state index in [1.54, 1.807) is 0 Å². The van der Waals surface area contributed by atoms with Crippen LogP contribution in [0.3, 0.4) is 0 Å². The van der Waals surface area contributed by atoms with Gasteiger partial charge >= 0.3 is 17.9 Å². The second-order valence-corrected chi connectivity index (χ2v) is 19.6. The summed E-state index contributed by atoms with van der Waals surface area (Å²) in [5.41, 5.74) is 0. The van der Waals surface area contributed by atoms with Crippen molar-refractivity contribution in [2.75, 3.05) is 13.2 Å². The first-order valence-electron chi connectivity index (χ1n) is 28.5. The third kappa shape index (κ3) is 51.3. The number of ether oxygens (including phenoxy) is 3. The Kier molecular flexibility index (Phi) is 51.7. The van der Waals surface area contributed by atoms with Crippen LogP contribution in [-0.2, 0) is 28.6 Å². The molecule has 0 aliphatic carbocycles. The highest BCUT2D eigenvalue weighted by atomic mass is 16.6. The first kappa shape index (κ1) is 61.4. The molecule has 0 aromatic carbocycles. The minimum atomic E-state index is -0.760. The van der Waals surface area contributed by atoms with Gasteiger partial charge in [-0.25, -0.2) is 0 Å². The minimum Gasteiger partial charge on any atom is -0.462 e. The highest BCUT2D eigenvalue weighted by molar-refractivity contribution is 5.71. The molecule has 0 radical (unpaired) electrons. The van der Waals surface area contributed by atoms with Crippen molar-refractivity contribution in [3.05, 3.63) is 0 Å². The van der Waals surface area contributed by atoms with E-state index < -0.39 is 6.10 Å². The van der Waals surface area contributed by atoms with Gasteiger partial charge in [0.25, 0.3) is 0 Å². The van der Waals surface area contributed by atoms with E-state index in [2.05, 4.69) is 20.8 Å². The number of esters is 3. The summed E-state index contributed by atoms with van der Waals surface area (Å²) in [6, 6.07) is 0. The van der Waals surface area contributed by atoms with E-state index in [-0.39, 0.29) is 31.1 Å². The van der Waals surface area contributed by atoms with Crippen LogP contribution in [0, 0.1) is 0 Å². The molecule has 0 spiro atoms. The molecule has 6 heteroatoms. The van der Waals surface area contributed by atoms with Gasteiger partial charge in [0.1, 0.15) is 13.2 Å². The lowest BCUT2D eigenvalue weighted by Gasteiger charge is -2.18. The normalized spacial score (nSPS) is 11.9. The lowest BCUT2D eigenvalue weighted by atomic mass is 10.0. The molecule has 6 nitrogen and oxygen atoms in total. The number of hydrogen-bond acceptors (Lipinski definition) is 6. The molecule has 0 amide bonds. The maximum absolute atomic E-state index is 12.8. The van der Waals surface area contributed by atoms with Crippen LogP contribution in [0.15, 0.2) is 0 Å². The van der Waals surface area contributed by atoms with E-state index in [1.807, 2.05) is 0 Å². The van der Waals surface area contributed by atoms with Crippen LogP contribution in [0.25, 0.3) is 0 Å². The smallest absolute Gasteiger partial charge is 0.306 e. The number of carbonyl (C=O) groups is 3. The fraction of sp³-hybridized carbons (Fsp3) is 0.947. The summed E-state index contributed by atoms with van der Waals surface area (Å²) in [6.45, 7) is 6.70. The fourth-order valence-corrected chi connectivity index (χ4v) is 8.80. The van der Waals surface area contributed by atoms with Crippen molar-refractivity contribution in [1.29, 1.82) is 0 Å². The lowest BCUT2D eigenvalue weighted by Crippen LogP contribution is -2.30. The summed E-state index contributed by atoms with van der Waals surface area (Å²) in [6.07, 6.45) is 58.0. The SMILES string of the molecule is CCCCCCCCCCCCCCCCCCC(=O)OC[C@@H](COC(=O)CCCCCCCCCCCCCCC)OC(=O)CCCCCCCCCCCCCCCCCC. The van der Waals surface area contributed by atoms with Crippen LogP contribution in [0.2, 0.25) is 0 Å². The van der Waals surface area contributed by atoms with Gasteiger partial charge in [0, 0.05) is 19.3 Å². The third-order valence-electron chi connectivity index (χ3n) is 13.1. The predicted molar refractivity (Wildman–Crippen MR) is 270 cm³/mol. The largest absolute Gasteiger partial charge is 0.462 e. The topological polar surface area (TPSA) is 78.9 Å². The predicted octanol–water partition coefficient (Wildman–Crippen LogP) is 18.8. The summed E-state index contributed by atoms with van der Waals surface area (Å²) < 4.78 is 16.9. The van der Waals surface area contributed by atoms with Gasteiger partial charge in [-0.1, -0.05) is 290 Å². The zero-order valence-electron chi connectivity index (χ0n) is 42.9. The molecule has 63 heavy (non-hydrogen) atoms. The summed E-state index contributed by atoms with van der Waals surface area (Å²) in [4.78, 5) is 38.1. The molecule has 0 N–H and O–H groups in total. The van der Waals surface area contributed by atoms with Crippen LogP contribution in [0.1, 0.15) is 329 Å². The number of carbonyl (C=O) groups excluding carboxylic acids is 3. The van der Waals surface area contributed by atoms with E-state index in [0.717, 1.165) is 57.8 Å². The Balaban J connectivity index is 4.29. The molecule has 0 saturated carbocycles. The molecule has 0 aliphatic heterocycles. The zero-order valence-corrected chi connectivity index (χ0v) is 42.9. The van der Waals surface area contributed by atoms with Gasteiger partial charge < -0.3 is 14.2 Å². The van der Waals surface area contributed by atoms with Crippen molar-refractivity contribution in [3.63, 3.8) is 0 Å². The van der Waals surface area contributed by atoms with E-state index in [1.165, 1.54) is 231 Å². The highest BCUT2D eigenvalue weighted by Crippen LogP contribution is 2.17. The average Bonchev–Trinajstić information content (AvgIpc) is 3.28. The Morgan fingerprint density at radius 1 is 0.254 bits per heavy atom. The van der Waals surface area contributed by atoms with Gasteiger partial charge in [0.15, 0.2) is 6.10 Å². The number of hydrogen-bond donors (Lipinski definition) is 0. The highest BCUT2D eigenvalue weighted by Gasteiger charge is 2.19. The molecule has 374 valence electrons. The maximum Gasteiger partial charge on any atom is 0.306 e. The molecule has 0 aromatic rings. The Hall–Kier alpha value is -1.59. The molecular formula is C57H110O6. The summed E-state index contributed by atoms with van der Waals surface area (Å²) >= 11 is 0. The molecule has 0 aliphatic rings. The van der Waals surface area contributed by atoms with Crippen LogP contribution < -0.4 is 0 Å². The fourth-order valence-electron chi connectivity index (χ4n) is 8.80. The first-order chi connectivity index (χ1) is 31.0. The third-order valence-corrected chi connectivity index (χ3v) is 13.1. The molecular weight excluding hydrogens is 781 g/mol. The van der Waals surface area contributed by atoms with Gasteiger partial charge in [-0.05, 0) is 19.3 Å². The van der Waals surface area contributed by atoms with Crippen molar-refractivity contribution in [3.8, 4) is 0 Å². The van der Waals surface area contributed by atoms with Crippen LogP contribution in [-0.4, -0.2) is 37.2 Å². The Morgan fingerprint density at radius 2 is 0.429 bits per heavy atom. The number of unbranched alkanes of at least 4 members (excludes halogenated alkanes) is 42. The second-order valence-electron chi connectivity index (χ2n) is 19.6. The average molecular weight is 892 g/mol. The summed E-state index contributed by atoms with van der Waals surface area (Å²) in [7, 11) is 0. The Labute approximate surface area is 393 Å². The monoisotopic (exact) mass is 891 g/mol. The van der Waals surface area contributed by atoms with E-state index >= 15 is 0 Å². The van der Waals surface area contributed by atoms with Crippen molar-refractivity contribution >= 4 is 17.9 Å². The van der Waals surface area contributed by atoms with Gasteiger partial charge in [-0.15, -0.1) is 0 Å². The molecule has 0 heterocycles. The minimum absolute atomic E-state index is 0.0611. The van der Waals surface area contributed by atoms with Crippen molar-refractivity contribution in [2.24, 2.45) is 0 Å². The van der Waals surface area contributed by atoms with Gasteiger partial charge in [0.2, 0.25) is 0 Å². The molecule has 0 rings (SSSR count). The van der Waals surface area contributed by atoms with Crippen molar-refractivity contribution in [2.45, 2.75) is 335 Å². The van der Waals surface area contributed by atoms with Crippen LogP contribution in [0.4, 0.5) is 0 Å². The molecule has 0 fully saturated rings. The first-order valence-corrected chi connectivity index (χ1v) is 28.5. The molecule has 0 bridgehead atoms. The van der Waals surface area contributed by atoms with E-state index in [9.17, 15) is 14.4 Å². The van der Waals surface area contributed by atoms with Crippen LogP contribution in [0.5, 0.6) is 0 Å². The van der Waals surface area contributed by atoms with Crippen molar-refractivity contribution in [1.82, 2.24) is 0 Å². The summed E-state index contributed by atoms with van der Waals surface area (Å²) in [5, 5.41) is 0. The van der Waals surface area contributed by atoms with Gasteiger partial charge in [0.05, 0.1) is 0 Å². The molecule has 0 saturated heterocycles. The maximum atomic E-state index is 12.8. The summed E-state index contributed by atoms with van der Waals surface area (Å²) in [5.74, 6) is -0.833. The zero-order chi connectivity index (χ0) is 45.8. The Bertz CT molecular complexity index is 936. The molecule has 1 atom stereocenters. The molecule has 0 aromatic heterocycles. The molecule has 0 unspecified atom stereocenters. The van der Waals surface area contributed by atoms with Gasteiger partial charge in [-0.2, -0.15) is 0 Å². The Morgan fingerprint density at radius 3 is 0.635 bits per heavy atom.